The van der Waals surface area contributed by atoms with Crippen molar-refractivity contribution in [2.24, 2.45) is 0 Å². The van der Waals surface area contributed by atoms with Gasteiger partial charge in [-0.3, -0.25) is 4.90 Å². The molecule has 1 aromatic carbocycles. The van der Waals surface area contributed by atoms with E-state index in [1.807, 2.05) is 4.90 Å². The zero-order valence-electron chi connectivity index (χ0n) is 8.61. The van der Waals surface area contributed by atoms with E-state index in [2.05, 4.69) is 0 Å². The van der Waals surface area contributed by atoms with Crippen LogP contribution < -0.4 is 0 Å². The zero-order chi connectivity index (χ0) is 11.7. The molecule has 0 aromatic heterocycles. The van der Waals surface area contributed by atoms with Crippen LogP contribution in [0.4, 0.5) is 4.39 Å². The number of β-amino-alcohol motifs (C(OH)–C–C–N with tert-alkyl or cyclic N) is 2. The second-order valence-corrected chi connectivity index (χ2v) is 4.47. The summed E-state index contributed by atoms with van der Waals surface area (Å²) in [7, 11) is 0. The van der Waals surface area contributed by atoms with E-state index in [0.29, 0.717) is 30.2 Å². The fraction of sp³-hybridized carbons (Fsp3) is 0.455. The van der Waals surface area contributed by atoms with Gasteiger partial charge in [-0.1, -0.05) is 11.6 Å². The Morgan fingerprint density at radius 3 is 2.56 bits per heavy atom. The minimum Gasteiger partial charge on any atom is -0.389 e. The molecule has 1 aliphatic heterocycles. The Labute approximate surface area is 98.1 Å². The van der Waals surface area contributed by atoms with Crippen molar-refractivity contribution in [3.8, 4) is 0 Å². The monoisotopic (exact) mass is 245 g/mol. The van der Waals surface area contributed by atoms with Gasteiger partial charge in [0.05, 0.1) is 12.2 Å². The maximum atomic E-state index is 13.0. The van der Waals surface area contributed by atoms with Crippen molar-refractivity contribution in [1.82, 2.24) is 4.90 Å². The van der Waals surface area contributed by atoms with Gasteiger partial charge in [0.1, 0.15) is 5.82 Å². The summed E-state index contributed by atoms with van der Waals surface area (Å²) in [5, 5.41) is 19.2. The molecule has 1 aliphatic rings. The van der Waals surface area contributed by atoms with Crippen molar-refractivity contribution in [3.63, 3.8) is 0 Å². The van der Waals surface area contributed by atoms with E-state index in [4.69, 9.17) is 11.6 Å². The molecule has 2 unspecified atom stereocenters. The summed E-state index contributed by atoms with van der Waals surface area (Å²) in [6.07, 6.45) is -1.46. The highest BCUT2D eigenvalue weighted by molar-refractivity contribution is 6.31. The molecule has 2 atom stereocenters. The first-order valence-corrected chi connectivity index (χ1v) is 5.46. The quantitative estimate of drug-likeness (QED) is 0.818. The van der Waals surface area contributed by atoms with E-state index in [1.165, 1.54) is 18.2 Å². The van der Waals surface area contributed by atoms with Gasteiger partial charge in [-0.15, -0.1) is 0 Å². The van der Waals surface area contributed by atoms with Crippen LogP contribution in [0.2, 0.25) is 5.02 Å². The van der Waals surface area contributed by atoms with Gasteiger partial charge in [-0.2, -0.15) is 0 Å². The molecule has 1 fully saturated rings. The molecule has 1 aromatic rings. The van der Waals surface area contributed by atoms with Gasteiger partial charge < -0.3 is 10.2 Å². The molecule has 16 heavy (non-hydrogen) atoms. The fourth-order valence-electron chi connectivity index (χ4n) is 1.88. The maximum Gasteiger partial charge on any atom is 0.123 e. The summed E-state index contributed by atoms with van der Waals surface area (Å²) in [6, 6.07) is 4.19. The van der Waals surface area contributed by atoms with Gasteiger partial charge in [0, 0.05) is 24.7 Å². The largest absolute Gasteiger partial charge is 0.389 e. The third-order valence-corrected chi connectivity index (χ3v) is 3.11. The molecule has 1 saturated heterocycles. The molecule has 0 spiro atoms. The lowest BCUT2D eigenvalue weighted by Crippen LogP contribution is -2.22. The molecule has 0 radical (unpaired) electrons. The number of rotatable bonds is 2. The number of likely N-dealkylation sites (tertiary alicyclic amines) is 1. The first-order valence-electron chi connectivity index (χ1n) is 5.08. The molecular weight excluding hydrogens is 233 g/mol. The minimum atomic E-state index is -0.729. The van der Waals surface area contributed by atoms with Crippen LogP contribution in [0.1, 0.15) is 5.56 Å². The summed E-state index contributed by atoms with van der Waals surface area (Å²) in [4.78, 5) is 1.84. The zero-order valence-corrected chi connectivity index (χ0v) is 9.36. The van der Waals surface area contributed by atoms with Crippen LogP contribution in [-0.2, 0) is 6.54 Å². The SMILES string of the molecule is OC1CN(Cc2cc(F)ccc2Cl)CC1O. The van der Waals surface area contributed by atoms with Gasteiger partial charge in [0.2, 0.25) is 0 Å². The number of hydrogen-bond acceptors (Lipinski definition) is 3. The number of benzene rings is 1. The smallest absolute Gasteiger partial charge is 0.123 e. The molecule has 88 valence electrons. The Kier molecular flexibility index (Phi) is 3.44. The van der Waals surface area contributed by atoms with Crippen LogP contribution in [0.3, 0.4) is 0 Å². The molecule has 5 heteroatoms. The van der Waals surface area contributed by atoms with Crippen molar-refractivity contribution in [2.75, 3.05) is 13.1 Å². The predicted molar refractivity (Wildman–Crippen MR) is 58.7 cm³/mol. The predicted octanol–water partition coefficient (Wildman–Crippen LogP) is 1.02. The average Bonchev–Trinajstić information content (AvgIpc) is 2.52. The third kappa shape index (κ3) is 2.52. The number of nitrogens with zero attached hydrogens (tertiary/aromatic N) is 1. The Balaban J connectivity index is 2.07. The summed E-state index contributed by atoms with van der Waals surface area (Å²) in [5.74, 6) is -0.334. The number of aliphatic hydroxyl groups is 2. The van der Waals surface area contributed by atoms with Crippen LogP contribution in [-0.4, -0.2) is 40.4 Å². The van der Waals surface area contributed by atoms with Crippen molar-refractivity contribution < 1.29 is 14.6 Å². The number of hydrogen-bond donors (Lipinski definition) is 2. The van der Waals surface area contributed by atoms with Crippen LogP contribution >= 0.6 is 11.6 Å². The van der Waals surface area contributed by atoms with E-state index in [1.54, 1.807) is 0 Å². The fourth-order valence-corrected chi connectivity index (χ4v) is 2.06. The molecule has 0 aliphatic carbocycles. The second-order valence-electron chi connectivity index (χ2n) is 4.06. The van der Waals surface area contributed by atoms with Gasteiger partial charge >= 0.3 is 0 Å². The summed E-state index contributed by atoms with van der Waals surface area (Å²) >= 11 is 5.93. The Bertz CT molecular complexity index is 378. The van der Waals surface area contributed by atoms with Crippen molar-refractivity contribution in [2.45, 2.75) is 18.8 Å². The first-order chi connectivity index (χ1) is 7.56. The number of aliphatic hydroxyl groups excluding tert-OH is 2. The average molecular weight is 246 g/mol. The van der Waals surface area contributed by atoms with Crippen molar-refractivity contribution in [1.29, 1.82) is 0 Å². The highest BCUT2D eigenvalue weighted by Crippen LogP contribution is 2.21. The Hall–Kier alpha value is -0.680. The highest BCUT2D eigenvalue weighted by atomic mass is 35.5. The van der Waals surface area contributed by atoms with Gasteiger partial charge in [-0.25, -0.2) is 4.39 Å². The molecule has 0 saturated carbocycles. The highest BCUT2D eigenvalue weighted by Gasteiger charge is 2.29. The van der Waals surface area contributed by atoms with Gasteiger partial charge in [-0.05, 0) is 23.8 Å². The van der Waals surface area contributed by atoms with Gasteiger partial charge in [0.15, 0.2) is 0 Å². The molecule has 1 heterocycles. The third-order valence-electron chi connectivity index (χ3n) is 2.74. The molecule has 3 nitrogen and oxygen atoms in total. The minimum absolute atomic E-state index is 0.334. The second kappa shape index (κ2) is 4.67. The normalized spacial score (nSPS) is 26.2. The van der Waals surface area contributed by atoms with Gasteiger partial charge in [0.25, 0.3) is 0 Å². The molecular formula is C11H13ClFNO2. The maximum absolute atomic E-state index is 13.0. The first kappa shape index (κ1) is 11.8. The van der Waals surface area contributed by atoms with E-state index in [0.717, 1.165) is 0 Å². The Morgan fingerprint density at radius 1 is 1.31 bits per heavy atom. The number of halogens is 2. The summed E-state index contributed by atoms with van der Waals surface area (Å²) in [6.45, 7) is 1.20. The van der Waals surface area contributed by atoms with Crippen molar-refractivity contribution >= 4 is 11.6 Å². The lowest BCUT2D eigenvalue weighted by molar-refractivity contribution is 0.0572. The van der Waals surface area contributed by atoms with E-state index >= 15 is 0 Å². The van der Waals surface area contributed by atoms with E-state index < -0.39 is 12.2 Å². The van der Waals surface area contributed by atoms with Crippen LogP contribution in [0.5, 0.6) is 0 Å². The lowest BCUT2D eigenvalue weighted by Gasteiger charge is -2.15. The van der Waals surface area contributed by atoms with Crippen molar-refractivity contribution in [3.05, 3.63) is 34.6 Å². The van der Waals surface area contributed by atoms with Crippen LogP contribution in [0, 0.1) is 5.82 Å². The van der Waals surface area contributed by atoms with Crippen LogP contribution in [0.25, 0.3) is 0 Å². The summed E-state index contributed by atoms with van der Waals surface area (Å²) < 4.78 is 13.0. The lowest BCUT2D eigenvalue weighted by atomic mass is 10.2. The topological polar surface area (TPSA) is 43.7 Å². The standard InChI is InChI=1S/C11H13ClFNO2/c12-9-2-1-8(13)3-7(9)4-14-5-10(15)11(16)6-14/h1-3,10-11,15-16H,4-6H2. The molecule has 2 rings (SSSR count). The summed E-state index contributed by atoms with van der Waals surface area (Å²) in [5.41, 5.74) is 0.669. The Morgan fingerprint density at radius 2 is 1.94 bits per heavy atom. The molecule has 0 amide bonds. The molecule has 2 N–H and O–H groups in total. The van der Waals surface area contributed by atoms with Crippen LogP contribution in [0.15, 0.2) is 18.2 Å². The van der Waals surface area contributed by atoms with E-state index in [-0.39, 0.29) is 5.82 Å². The van der Waals surface area contributed by atoms with E-state index in [9.17, 15) is 14.6 Å². The molecule has 0 bridgehead atoms.